The number of esters is 1. The van der Waals surface area contributed by atoms with Crippen LogP contribution in [0.15, 0.2) is 18.2 Å². The molecule has 1 aromatic rings. The van der Waals surface area contributed by atoms with E-state index < -0.39 is 11.8 Å². The van der Waals surface area contributed by atoms with Gasteiger partial charge >= 0.3 is 5.97 Å². The summed E-state index contributed by atoms with van der Waals surface area (Å²) in [4.78, 5) is 27.5. The zero-order valence-electron chi connectivity index (χ0n) is 11.8. The molecule has 0 atom stereocenters. The van der Waals surface area contributed by atoms with Gasteiger partial charge in [-0.25, -0.2) is 9.18 Å². The number of ether oxygens (including phenoxy) is 1. The summed E-state index contributed by atoms with van der Waals surface area (Å²) in [6.07, 6.45) is 0. The zero-order valence-corrected chi connectivity index (χ0v) is 11.8. The second-order valence-corrected chi connectivity index (χ2v) is 4.99. The van der Waals surface area contributed by atoms with E-state index in [1.165, 1.54) is 6.07 Å². The lowest BCUT2D eigenvalue weighted by atomic mass is 10.2. The molecule has 7 heteroatoms. The van der Waals surface area contributed by atoms with Crippen molar-refractivity contribution < 1.29 is 18.7 Å². The molecular formula is C14H18FN3O3. The van der Waals surface area contributed by atoms with Crippen molar-refractivity contribution in [3.63, 3.8) is 0 Å². The van der Waals surface area contributed by atoms with Crippen LogP contribution in [0.3, 0.4) is 0 Å². The summed E-state index contributed by atoms with van der Waals surface area (Å²) in [5, 5.41) is 0. The summed E-state index contributed by atoms with van der Waals surface area (Å²) in [6, 6.07) is 3.40. The molecule has 114 valence electrons. The van der Waals surface area contributed by atoms with Gasteiger partial charge in [-0.3, -0.25) is 4.79 Å². The Hall–Kier alpha value is -2.15. The first-order valence-electron chi connectivity index (χ1n) is 6.66. The molecule has 1 heterocycles. The fourth-order valence-electron chi connectivity index (χ4n) is 2.07. The number of hydrogen-bond acceptors (Lipinski definition) is 5. The number of halogens is 1. The molecule has 6 nitrogen and oxygen atoms in total. The minimum atomic E-state index is -0.727. The Balaban J connectivity index is 1.87. The third kappa shape index (κ3) is 3.91. The van der Waals surface area contributed by atoms with Gasteiger partial charge in [0.05, 0.1) is 5.56 Å². The van der Waals surface area contributed by atoms with Gasteiger partial charge in [0.25, 0.3) is 5.91 Å². The highest BCUT2D eigenvalue weighted by molar-refractivity contribution is 5.96. The smallest absolute Gasteiger partial charge is 0.340 e. The highest BCUT2D eigenvalue weighted by atomic mass is 19.1. The van der Waals surface area contributed by atoms with E-state index in [1.807, 2.05) is 7.05 Å². The first-order valence-corrected chi connectivity index (χ1v) is 6.66. The topological polar surface area (TPSA) is 75.9 Å². The molecule has 1 aliphatic rings. The Morgan fingerprint density at radius 2 is 1.95 bits per heavy atom. The number of nitrogens with two attached hydrogens (primary N) is 1. The monoisotopic (exact) mass is 295 g/mol. The Morgan fingerprint density at radius 3 is 2.57 bits per heavy atom. The van der Waals surface area contributed by atoms with Crippen molar-refractivity contribution in [1.29, 1.82) is 0 Å². The van der Waals surface area contributed by atoms with Gasteiger partial charge in [-0.2, -0.15) is 0 Å². The maximum Gasteiger partial charge on any atom is 0.340 e. The molecule has 2 rings (SSSR count). The molecule has 0 bridgehead atoms. The first kappa shape index (κ1) is 15.2. The molecule has 21 heavy (non-hydrogen) atoms. The Bertz CT molecular complexity index is 542. The number of likely N-dealkylation sites (N-methyl/N-ethyl adjacent to an activating group) is 1. The summed E-state index contributed by atoms with van der Waals surface area (Å²) in [5.41, 5.74) is 5.60. The van der Waals surface area contributed by atoms with E-state index in [0.717, 1.165) is 25.2 Å². The first-order chi connectivity index (χ1) is 9.97. The second kappa shape index (κ2) is 6.53. The van der Waals surface area contributed by atoms with Crippen molar-refractivity contribution in [2.75, 3.05) is 45.6 Å². The van der Waals surface area contributed by atoms with Gasteiger partial charge in [-0.1, -0.05) is 0 Å². The third-order valence-corrected chi connectivity index (χ3v) is 3.42. The van der Waals surface area contributed by atoms with E-state index in [4.69, 9.17) is 10.5 Å². The van der Waals surface area contributed by atoms with E-state index in [1.54, 1.807) is 4.90 Å². The predicted octanol–water partition coefficient (Wildman–Crippen LogP) is 0.339. The van der Waals surface area contributed by atoms with Crippen molar-refractivity contribution in [2.45, 2.75) is 0 Å². The van der Waals surface area contributed by atoms with Gasteiger partial charge in [0.2, 0.25) is 0 Å². The molecule has 1 fully saturated rings. The van der Waals surface area contributed by atoms with Gasteiger partial charge in [-0.05, 0) is 25.2 Å². The van der Waals surface area contributed by atoms with Crippen LogP contribution in [0.1, 0.15) is 10.4 Å². The number of amides is 1. The number of hydrogen-bond donors (Lipinski definition) is 1. The van der Waals surface area contributed by atoms with Gasteiger partial charge in [-0.15, -0.1) is 0 Å². The number of piperazine rings is 1. The van der Waals surface area contributed by atoms with Crippen molar-refractivity contribution in [3.8, 4) is 0 Å². The molecule has 0 aliphatic carbocycles. The number of anilines is 1. The van der Waals surface area contributed by atoms with Crippen molar-refractivity contribution in [1.82, 2.24) is 9.80 Å². The number of carbonyl (C=O) groups is 2. The van der Waals surface area contributed by atoms with Gasteiger partial charge in [0, 0.05) is 31.9 Å². The molecule has 2 N–H and O–H groups in total. The molecule has 0 saturated carbocycles. The fraction of sp³-hybridized carbons (Fsp3) is 0.429. The normalized spacial score (nSPS) is 15.8. The Kier molecular flexibility index (Phi) is 4.74. The maximum absolute atomic E-state index is 12.9. The summed E-state index contributed by atoms with van der Waals surface area (Å²) in [7, 11) is 1.99. The fourth-order valence-corrected chi connectivity index (χ4v) is 2.07. The molecule has 1 aromatic carbocycles. The number of benzene rings is 1. The number of nitrogens with zero attached hydrogens (tertiary/aromatic N) is 2. The summed E-state index contributed by atoms with van der Waals surface area (Å²) >= 11 is 0. The quantitative estimate of drug-likeness (QED) is 0.643. The highest BCUT2D eigenvalue weighted by Crippen LogP contribution is 2.14. The van der Waals surface area contributed by atoms with Crippen LogP contribution < -0.4 is 5.73 Å². The van der Waals surface area contributed by atoms with E-state index in [-0.39, 0.29) is 23.8 Å². The standard InChI is InChI=1S/C14H18FN3O3/c1-17-4-6-18(7-5-17)13(19)9-21-14(20)11-3-2-10(15)8-12(11)16/h2-3,8H,4-7,9,16H2,1H3. The van der Waals surface area contributed by atoms with Crippen LogP contribution in [0.25, 0.3) is 0 Å². The lowest BCUT2D eigenvalue weighted by molar-refractivity contribution is -0.136. The van der Waals surface area contributed by atoms with Crippen LogP contribution >= 0.6 is 0 Å². The highest BCUT2D eigenvalue weighted by Gasteiger charge is 2.21. The molecule has 0 radical (unpaired) electrons. The van der Waals surface area contributed by atoms with Crippen LogP contribution in [0, 0.1) is 5.82 Å². The van der Waals surface area contributed by atoms with Crippen LogP contribution in [-0.4, -0.2) is 61.5 Å². The number of nitrogen functional groups attached to an aromatic ring is 1. The third-order valence-electron chi connectivity index (χ3n) is 3.42. The zero-order chi connectivity index (χ0) is 15.4. The molecule has 1 saturated heterocycles. The van der Waals surface area contributed by atoms with E-state index in [2.05, 4.69) is 4.90 Å². The summed E-state index contributed by atoms with van der Waals surface area (Å²) in [6.45, 7) is 2.49. The largest absolute Gasteiger partial charge is 0.452 e. The Labute approximate surface area is 122 Å². The molecule has 0 spiro atoms. The molecule has 1 amide bonds. The van der Waals surface area contributed by atoms with Gasteiger partial charge in [0.1, 0.15) is 5.82 Å². The number of carbonyl (C=O) groups excluding carboxylic acids is 2. The van der Waals surface area contributed by atoms with Crippen molar-refractivity contribution in [2.24, 2.45) is 0 Å². The van der Waals surface area contributed by atoms with Crippen LogP contribution in [-0.2, 0) is 9.53 Å². The molecule has 1 aliphatic heterocycles. The van der Waals surface area contributed by atoms with E-state index in [0.29, 0.717) is 13.1 Å². The lowest BCUT2D eigenvalue weighted by Crippen LogP contribution is -2.48. The SMILES string of the molecule is CN1CCN(C(=O)COC(=O)c2ccc(F)cc2N)CC1. The predicted molar refractivity (Wildman–Crippen MR) is 75.2 cm³/mol. The summed E-state index contributed by atoms with van der Waals surface area (Å²) < 4.78 is 17.8. The maximum atomic E-state index is 12.9. The minimum Gasteiger partial charge on any atom is -0.452 e. The van der Waals surface area contributed by atoms with E-state index in [9.17, 15) is 14.0 Å². The van der Waals surface area contributed by atoms with Crippen molar-refractivity contribution >= 4 is 17.6 Å². The minimum absolute atomic E-state index is 0.00736. The average molecular weight is 295 g/mol. The molecule has 0 unspecified atom stereocenters. The summed E-state index contributed by atoms with van der Waals surface area (Å²) in [5.74, 6) is -1.50. The van der Waals surface area contributed by atoms with Crippen LogP contribution in [0.5, 0.6) is 0 Å². The van der Waals surface area contributed by atoms with Crippen LogP contribution in [0.4, 0.5) is 10.1 Å². The van der Waals surface area contributed by atoms with Gasteiger partial charge < -0.3 is 20.3 Å². The second-order valence-electron chi connectivity index (χ2n) is 4.99. The lowest BCUT2D eigenvalue weighted by Gasteiger charge is -2.32. The number of rotatable bonds is 3. The van der Waals surface area contributed by atoms with Gasteiger partial charge in [0.15, 0.2) is 6.61 Å². The average Bonchev–Trinajstić information content (AvgIpc) is 2.45. The molecule has 0 aromatic heterocycles. The van der Waals surface area contributed by atoms with Crippen molar-refractivity contribution in [3.05, 3.63) is 29.6 Å². The van der Waals surface area contributed by atoms with E-state index >= 15 is 0 Å². The van der Waals surface area contributed by atoms with Crippen LogP contribution in [0.2, 0.25) is 0 Å². The molecular weight excluding hydrogens is 277 g/mol. The Morgan fingerprint density at radius 1 is 1.29 bits per heavy atom.